The summed E-state index contributed by atoms with van der Waals surface area (Å²) in [7, 11) is 1.62. The van der Waals surface area contributed by atoms with Crippen molar-refractivity contribution in [3.63, 3.8) is 0 Å². The molecule has 2 aromatic rings. The van der Waals surface area contributed by atoms with E-state index in [1.807, 2.05) is 37.3 Å². The highest BCUT2D eigenvalue weighted by molar-refractivity contribution is 5.92. The fourth-order valence-corrected chi connectivity index (χ4v) is 1.94. The van der Waals surface area contributed by atoms with Crippen LogP contribution in [0.5, 0.6) is 5.75 Å². The molecule has 1 amide bonds. The minimum Gasteiger partial charge on any atom is -0.497 e. The molecule has 3 N–H and O–H groups in total. The number of nitrogens with two attached hydrogens (primary N) is 1. The Kier molecular flexibility index (Phi) is 5.38. The van der Waals surface area contributed by atoms with Gasteiger partial charge in [-0.05, 0) is 42.3 Å². The summed E-state index contributed by atoms with van der Waals surface area (Å²) in [5.41, 5.74) is 8.96. The van der Waals surface area contributed by atoms with Crippen LogP contribution in [0, 0.1) is 6.92 Å². The van der Waals surface area contributed by atoms with Crippen molar-refractivity contribution < 1.29 is 14.3 Å². The number of rotatable bonds is 6. The molecule has 5 heteroatoms. The zero-order valence-electron chi connectivity index (χ0n) is 12.8. The summed E-state index contributed by atoms with van der Waals surface area (Å²) in [6.45, 7) is 2.26. The first kappa shape index (κ1) is 15.9. The maximum absolute atomic E-state index is 11.9. The minimum atomic E-state index is -0.206. The predicted octanol–water partition coefficient (Wildman–Crippen LogP) is 2.74. The molecule has 0 saturated heterocycles. The van der Waals surface area contributed by atoms with E-state index in [1.165, 1.54) is 0 Å². The fourth-order valence-electron chi connectivity index (χ4n) is 1.94. The van der Waals surface area contributed by atoms with Crippen LogP contribution in [0.2, 0.25) is 0 Å². The molecule has 0 spiro atoms. The minimum absolute atomic E-state index is 0.0136. The van der Waals surface area contributed by atoms with Crippen molar-refractivity contribution in [2.75, 3.05) is 24.8 Å². The lowest BCUT2D eigenvalue weighted by Crippen LogP contribution is -2.18. The number of ether oxygens (including phenoxy) is 2. The van der Waals surface area contributed by atoms with Crippen LogP contribution >= 0.6 is 0 Å². The Hall–Kier alpha value is -2.53. The maximum atomic E-state index is 11.9. The van der Waals surface area contributed by atoms with E-state index in [-0.39, 0.29) is 12.5 Å². The molecule has 22 heavy (non-hydrogen) atoms. The van der Waals surface area contributed by atoms with Crippen molar-refractivity contribution in [2.24, 2.45) is 0 Å². The van der Waals surface area contributed by atoms with Crippen molar-refractivity contribution >= 4 is 17.3 Å². The molecule has 5 nitrogen and oxygen atoms in total. The van der Waals surface area contributed by atoms with Gasteiger partial charge in [0, 0.05) is 11.4 Å². The first-order valence-electron chi connectivity index (χ1n) is 6.95. The van der Waals surface area contributed by atoms with Gasteiger partial charge in [-0.2, -0.15) is 0 Å². The van der Waals surface area contributed by atoms with Crippen molar-refractivity contribution in [2.45, 2.75) is 13.5 Å². The third kappa shape index (κ3) is 4.49. The number of aryl methyl sites for hydroxylation is 1. The van der Waals surface area contributed by atoms with Gasteiger partial charge in [0.15, 0.2) is 0 Å². The van der Waals surface area contributed by atoms with Gasteiger partial charge in [-0.25, -0.2) is 0 Å². The van der Waals surface area contributed by atoms with Gasteiger partial charge < -0.3 is 20.5 Å². The Morgan fingerprint density at radius 2 is 1.91 bits per heavy atom. The summed E-state index contributed by atoms with van der Waals surface area (Å²) in [5, 5.41) is 2.79. The number of hydrogen-bond donors (Lipinski definition) is 2. The van der Waals surface area contributed by atoms with E-state index in [4.69, 9.17) is 15.2 Å². The second kappa shape index (κ2) is 7.47. The third-order valence-electron chi connectivity index (χ3n) is 3.20. The van der Waals surface area contributed by atoms with Gasteiger partial charge in [0.05, 0.1) is 13.7 Å². The maximum Gasteiger partial charge on any atom is 0.250 e. The summed E-state index contributed by atoms with van der Waals surface area (Å²) >= 11 is 0. The first-order valence-corrected chi connectivity index (χ1v) is 6.95. The molecule has 0 bridgehead atoms. The van der Waals surface area contributed by atoms with E-state index in [1.54, 1.807) is 19.2 Å². The number of nitrogens with one attached hydrogen (secondary N) is 1. The molecule has 0 unspecified atom stereocenters. The van der Waals surface area contributed by atoms with Crippen molar-refractivity contribution in [3.05, 3.63) is 53.6 Å². The number of benzene rings is 2. The van der Waals surface area contributed by atoms with Crippen LogP contribution in [0.15, 0.2) is 42.5 Å². The average molecular weight is 300 g/mol. The standard InChI is InChI=1S/C17H20N2O3/c1-12-3-6-14(18)9-16(12)19-17(20)11-22-10-13-4-7-15(21-2)8-5-13/h3-9H,10-11,18H2,1-2H3,(H,19,20). The van der Waals surface area contributed by atoms with Gasteiger partial charge in [0.25, 0.3) is 0 Å². The van der Waals surface area contributed by atoms with Gasteiger partial charge in [0.1, 0.15) is 12.4 Å². The van der Waals surface area contributed by atoms with Crippen molar-refractivity contribution in [3.8, 4) is 5.75 Å². The van der Waals surface area contributed by atoms with Gasteiger partial charge in [-0.15, -0.1) is 0 Å². The zero-order chi connectivity index (χ0) is 15.9. The average Bonchev–Trinajstić information content (AvgIpc) is 2.51. The van der Waals surface area contributed by atoms with Crippen LogP contribution in [0.3, 0.4) is 0 Å². The third-order valence-corrected chi connectivity index (χ3v) is 3.20. The Bertz CT molecular complexity index is 639. The number of hydrogen-bond acceptors (Lipinski definition) is 4. The lowest BCUT2D eigenvalue weighted by atomic mass is 10.2. The molecule has 0 radical (unpaired) electrons. The number of carbonyl (C=O) groups is 1. The number of nitrogen functional groups attached to an aromatic ring is 1. The van der Waals surface area contributed by atoms with E-state index in [2.05, 4.69) is 5.32 Å². The summed E-state index contributed by atoms with van der Waals surface area (Å²) in [4.78, 5) is 11.9. The van der Waals surface area contributed by atoms with Crippen LogP contribution in [0.1, 0.15) is 11.1 Å². The van der Waals surface area contributed by atoms with Crippen LogP contribution in [-0.2, 0) is 16.1 Å². The summed E-state index contributed by atoms with van der Waals surface area (Å²) < 4.78 is 10.5. The highest BCUT2D eigenvalue weighted by atomic mass is 16.5. The van der Waals surface area contributed by atoms with E-state index >= 15 is 0 Å². The van der Waals surface area contributed by atoms with E-state index in [0.717, 1.165) is 16.9 Å². The topological polar surface area (TPSA) is 73.6 Å². The van der Waals surface area contributed by atoms with Crippen LogP contribution in [0.25, 0.3) is 0 Å². The molecule has 0 saturated carbocycles. The quantitative estimate of drug-likeness (QED) is 0.805. The smallest absolute Gasteiger partial charge is 0.250 e. The second-order valence-electron chi connectivity index (χ2n) is 4.96. The van der Waals surface area contributed by atoms with Gasteiger partial charge >= 0.3 is 0 Å². The van der Waals surface area contributed by atoms with Gasteiger partial charge in [-0.3, -0.25) is 4.79 Å². The molecule has 2 rings (SSSR count). The highest BCUT2D eigenvalue weighted by Crippen LogP contribution is 2.18. The molecule has 0 heterocycles. The molecule has 0 aliphatic heterocycles. The molecular formula is C17H20N2O3. The fraction of sp³-hybridized carbons (Fsp3) is 0.235. The van der Waals surface area contributed by atoms with Gasteiger partial charge in [-0.1, -0.05) is 18.2 Å². The van der Waals surface area contributed by atoms with E-state index < -0.39 is 0 Å². The molecule has 2 aromatic carbocycles. The molecule has 0 aliphatic carbocycles. The van der Waals surface area contributed by atoms with Crippen LogP contribution in [0.4, 0.5) is 11.4 Å². The zero-order valence-corrected chi connectivity index (χ0v) is 12.8. The molecule has 0 fully saturated rings. The van der Waals surface area contributed by atoms with E-state index in [9.17, 15) is 4.79 Å². The summed E-state index contributed by atoms with van der Waals surface area (Å²) in [5.74, 6) is 0.584. The molecular weight excluding hydrogens is 280 g/mol. The molecule has 0 aliphatic rings. The van der Waals surface area contributed by atoms with Crippen LogP contribution in [-0.4, -0.2) is 19.6 Å². The number of anilines is 2. The number of carbonyl (C=O) groups excluding carboxylic acids is 1. The lowest BCUT2D eigenvalue weighted by Gasteiger charge is -2.10. The molecule has 0 aromatic heterocycles. The Balaban J connectivity index is 1.81. The highest BCUT2D eigenvalue weighted by Gasteiger charge is 2.06. The Morgan fingerprint density at radius 3 is 2.59 bits per heavy atom. The van der Waals surface area contributed by atoms with Crippen LogP contribution < -0.4 is 15.8 Å². The predicted molar refractivity (Wildman–Crippen MR) is 86.9 cm³/mol. The summed E-state index contributed by atoms with van der Waals surface area (Å²) in [6, 6.07) is 12.9. The van der Waals surface area contributed by atoms with Gasteiger partial charge in [0.2, 0.25) is 5.91 Å². The Labute approximate surface area is 130 Å². The summed E-state index contributed by atoms with van der Waals surface area (Å²) in [6.07, 6.45) is 0. The van der Waals surface area contributed by atoms with Crippen molar-refractivity contribution in [1.82, 2.24) is 0 Å². The molecule has 116 valence electrons. The number of amides is 1. The first-order chi connectivity index (χ1) is 10.6. The number of methoxy groups -OCH3 is 1. The monoisotopic (exact) mass is 300 g/mol. The largest absolute Gasteiger partial charge is 0.497 e. The van der Waals surface area contributed by atoms with Crippen molar-refractivity contribution in [1.29, 1.82) is 0 Å². The second-order valence-corrected chi connectivity index (χ2v) is 4.96. The van der Waals surface area contributed by atoms with E-state index in [0.29, 0.717) is 18.0 Å². The lowest BCUT2D eigenvalue weighted by molar-refractivity contribution is -0.121. The molecule has 0 atom stereocenters. The Morgan fingerprint density at radius 1 is 1.18 bits per heavy atom. The SMILES string of the molecule is COc1ccc(COCC(=O)Nc2cc(N)ccc2C)cc1. The normalized spacial score (nSPS) is 10.3.